The topological polar surface area (TPSA) is 108 Å². The van der Waals surface area contributed by atoms with Gasteiger partial charge in [0, 0.05) is 5.92 Å². The van der Waals surface area contributed by atoms with E-state index in [1.807, 2.05) is 0 Å². The zero-order valence-corrected chi connectivity index (χ0v) is 11.6. The van der Waals surface area contributed by atoms with Crippen LogP contribution in [0.4, 0.5) is 4.39 Å². The number of benzene rings is 1. The fourth-order valence-electron chi connectivity index (χ4n) is 1.75. The van der Waals surface area contributed by atoms with Crippen LogP contribution in [0.3, 0.4) is 0 Å². The highest BCUT2D eigenvalue weighted by Gasteiger charge is 2.28. The number of nitrogens with zero attached hydrogens (tertiary/aromatic N) is 2. The summed E-state index contributed by atoms with van der Waals surface area (Å²) in [6.07, 6.45) is 2.09. The molecule has 0 spiro atoms. The zero-order valence-electron chi connectivity index (χ0n) is 10.8. The molecule has 0 unspecified atom stereocenters. The van der Waals surface area contributed by atoms with Crippen molar-refractivity contribution in [2.75, 3.05) is 0 Å². The minimum Gasteiger partial charge on any atom is -0.481 e. The Bertz CT molecular complexity index is 771. The van der Waals surface area contributed by atoms with Gasteiger partial charge in [-0.25, -0.2) is 17.9 Å². The first-order chi connectivity index (χ1) is 9.93. The molecule has 2 N–H and O–H groups in total. The first-order valence-corrected chi connectivity index (χ1v) is 7.76. The second-order valence-electron chi connectivity index (χ2n) is 4.75. The SMILES string of the molecule is NS(=O)(=O)c1ccc(OCc2nc(C3CC3)no2)c(F)c1. The summed E-state index contributed by atoms with van der Waals surface area (Å²) in [6, 6.07) is 3.15. The largest absolute Gasteiger partial charge is 0.481 e. The highest BCUT2D eigenvalue weighted by Crippen LogP contribution is 2.38. The van der Waals surface area contributed by atoms with Gasteiger partial charge in [0.1, 0.15) is 0 Å². The third-order valence-electron chi connectivity index (χ3n) is 3.01. The Kier molecular flexibility index (Phi) is 3.38. The standard InChI is InChI=1S/C12H12FN3O4S/c13-9-5-8(21(14,17)18)3-4-10(9)19-6-11-15-12(16-20-11)7-1-2-7/h3-5,7H,1-2,6H2,(H2,14,17,18). The lowest BCUT2D eigenvalue weighted by Gasteiger charge is -2.05. The van der Waals surface area contributed by atoms with Gasteiger partial charge in [0.15, 0.2) is 24.0 Å². The van der Waals surface area contributed by atoms with E-state index in [4.69, 9.17) is 14.4 Å². The van der Waals surface area contributed by atoms with Crippen molar-refractivity contribution in [1.29, 1.82) is 0 Å². The Hall–Kier alpha value is -2.00. The maximum absolute atomic E-state index is 13.7. The number of primary sulfonamides is 1. The molecule has 0 amide bonds. The lowest BCUT2D eigenvalue weighted by molar-refractivity contribution is 0.234. The molecule has 21 heavy (non-hydrogen) atoms. The number of halogens is 1. The van der Waals surface area contributed by atoms with Crippen LogP contribution in [0.1, 0.15) is 30.5 Å². The van der Waals surface area contributed by atoms with Gasteiger partial charge in [-0.05, 0) is 31.0 Å². The van der Waals surface area contributed by atoms with E-state index in [0.717, 1.165) is 25.0 Å². The van der Waals surface area contributed by atoms with Gasteiger partial charge >= 0.3 is 0 Å². The van der Waals surface area contributed by atoms with Crippen LogP contribution in [0.15, 0.2) is 27.6 Å². The molecule has 2 aromatic rings. The first-order valence-electron chi connectivity index (χ1n) is 6.21. The van der Waals surface area contributed by atoms with E-state index in [-0.39, 0.29) is 23.1 Å². The lowest BCUT2D eigenvalue weighted by Crippen LogP contribution is -2.12. The van der Waals surface area contributed by atoms with Crippen molar-refractivity contribution in [3.63, 3.8) is 0 Å². The molecule has 112 valence electrons. The molecule has 0 bridgehead atoms. The van der Waals surface area contributed by atoms with Crippen LogP contribution in [-0.2, 0) is 16.6 Å². The molecule has 1 fully saturated rings. The number of nitrogens with two attached hydrogens (primary N) is 1. The fourth-order valence-corrected chi connectivity index (χ4v) is 2.27. The van der Waals surface area contributed by atoms with Crippen molar-refractivity contribution in [2.24, 2.45) is 5.14 Å². The van der Waals surface area contributed by atoms with E-state index < -0.39 is 15.8 Å². The molecule has 3 rings (SSSR count). The molecular weight excluding hydrogens is 301 g/mol. The molecule has 1 heterocycles. The Labute approximate surface area is 120 Å². The average molecular weight is 313 g/mol. The summed E-state index contributed by atoms with van der Waals surface area (Å²) in [4.78, 5) is 3.81. The number of ether oxygens (including phenoxy) is 1. The van der Waals surface area contributed by atoms with E-state index in [0.29, 0.717) is 11.7 Å². The predicted octanol–water partition coefficient (Wildman–Crippen LogP) is 1.31. The minimum absolute atomic E-state index is 0.0919. The monoisotopic (exact) mass is 313 g/mol. The van der Waals surface area contributed by atoms with Crippen molar-refractivity contribution in [2.45, 2.75) is 30.3 Å². The predicted molar refractivity (Wildman–Crippen MR) is 68.4 cm³/mol. The molecule has 0 saturated heterocycles. The van der Waals surface area contributed by atoms with Gasteiger partial charge < -0.3 is 9.26 Å². The molecule has 0 atom stereocenters. The van der Waals surface area contributed by atoms with Crippen LogP contribution in [0.25, 0.3) is 0 Å². The van der Waals surface area contributed by atoms with Gasteiger partial charge in [0.05, 0.1) is 4.90 Å². The molecule has 1 saturated carbocycles. The molecular formula is C12H12FN3O4S. The first kappa shape index (κ1) is 14.0. The molecule has 0 radical (unpaired) electrons. The molecule has 1 aromatic heterocycles. The quantitative estimate of drug-likeness (QED) is 0.891. The van der Waals surface area contributed by atoms with Gasteiger partial charge in [-0.3, -0.25) is 0 Å². The summed E-state index contributed by atoms with van der Waals surface area (Å²) in [5.41, 5.74) is 0. The van der Waals surface area contributed by atoms with E-state index in [1.165, 1.54) is 6.07 Å². The van der Waals surface area contributed by atoms with Gasteiger partial charge in [0.25, 0.3) is 5.89 Å². The van der Waals surface area contributed by atoms with Crippen molar-refractivity contribution in [3.8, 4) is 5.75 Å². The molecule has 1 aliphatic carbocycles. The number of hydrogen-bond donors (Lipinski definition) is 1. The lowest BCUT2D eigenvalue weighted by atomic mass is 10.3. The smallest absolute Gasteiger partial charge is 0.264 e. The Morgan fingerprint density at radius 3 is 2.81 bits per heavy atom. The van der Waals surface area contributed by atoms with E-state index >= 15 is 0 Å². The van der Waals surface area contributed by atoms with Gasteiger partial charge in [-0.2, -0.15) is 4.98 Å². The van der Waals surface area contributed by atoms with E-state index in [2.05, 4.69) is 10.1 Å². The van der Waals surface area contributed by atoms with Crippen molar-refractivity contribution < 1.29 is 22.1 Å². The van der Waals surface area contributed by atoms with Gasteiger partial charge in [-0.1, -0.05) is 5.16 Å². The third-order valence-corrected chi connectivity index (χ3v) is 3.92. The molecule has 1 aromatic carbocycles. The summed E-state index contributed by atoms with van der Waals surface area (Å²) in [6.45, 7) is -0.0919. The normalized spacial score (nSPS) is 15.1. The number of hydrogen-bond acceptors (Lipinski definition) is 6. The highest BCUT2D eigenvalue weighted by atomic mass is 32.2. The second kappa shape index (κ2) is 5.08. The van der Waals surface area contributed by atoms with Gasteiger partial charge in [0.2, 0.25) is 10.0 Å². The van der Waals surface area contributed by atoms with Crippen molar-refractivity contribution in [1.82, 2.24) is 10.1 Å². The number of aromatic nitrogens is 2. The van der Waals surface area contributed by atoms with Crippen molar-refractivity contribution in [3.05, 3.63) is 35.7 Å². The number of sulfonamides is 1. The van der Waals surface area contributed by atoms with Crippen LogP contribution < -0.4 is 9.88 Å². The van der Waals surface area contributed by atoms with Crippen LogP contribution in [0.2, 0.25) is 0 Å². The highest BCUT2D eigenvalue weighted by molar-refractivity contribution is 7.89. The van der Waals surface area contributed by atoms with E-state index in [9.17, 15) is 12.8 Å². The van der Waals surface area contributed by atoms with Crippen molar-refractivity contribution >= 4 is 10.0 Å². The Morgan fingerprint density at radius 1 is 1.43 bits per heavy atom. The van der Waals surface area contributed by atoms with Crippen LogP contribution in [0, 0.1) is 5.82 Å². The zero-order chi connectivity index (χ0) is 15.0. The van der Waals surface area contributed by atoms with Crippen LogP contribution >= 0.6 is 0 Å². The third kappa shape index (κ3) is 3.19. The van der Waals surface area contributed by atoms with Crippen LogP contribution in [0.5, 0.6) is 5.75 Å². The summed E-state index contributed by atoms with van der Waals surface area (Å²) in [5.74, 6) is 0.288. The maximum Gasteiger partial charge on any atom is 0.264 e. The summed E-state index contributed by atoms with van der Waals surface area (Å²) in [7, 11) is -3.94. The maximum atomic E-state index is 13.7. The Morgan fingerprint density at radius 2 is 2.19 bits per heavy atom. The number of rotatable bonds is 5. The summed E-state index contributed by atoms with van der Waals surface area (Å²) >= 11 is 0. The fraction of sp³-hybridized carbons (Fsp3) is 0.333. The van der Waals surface area contributed by atoms with E-state index in [1.54, 1.807) is 0 Å². The second-order valence-corrected chi connectivity index (χ2v) is 6.31. The molecule has 0 aliphatic heterocycles. The molecule has 9 heteroatoms. The molecule has 7 nitrogen and oxygen atoms in total. The summed E-state index contributed by atoms with van der Waals surface area (Å²) in [5, 5.41) is 8.71. The average Bonchev–Trinajstić information content (AvgIpc) is 3.16. The Balaban J connectivity index is 1.69. The minimum atomic E-state index is -3.94. The summed E-state index contributed by atoms with van der Waals surface area (Å²) < 4.78 is 46.1. The van der Waals surface area contributed by atoms with Crippen LogP contribution in [-0.4, -0.2) is 18.6 Å². The molecule has 1 aliphatic rings. The van der Waals surface area contributed by atoms with Gasteiger partial charge in [-0.15, -0.1) is 0 Å².